The molecular formula is C24H32O8. The van der Waals surface area contributed by atoms with Gasteiger partial charge in [0.2, 0.25) is 5.79 Å². The lowest BCUT2D eigenvalue weighted by Gasteiger charge is -2.74. The van der Waals surface area contributed by atoms with Crippen molar-refractivity contribution in [1.29, 1.82) is 0 Å². The van der Waals surface area contributed by atoms with Gasteiger partial charge in [-0.2, -0.15) is 0 Å². The normalized spacial score (nSPS) is 51.1. The number of esters is 2. The van der Waals surface area contributed by atoms with Crippen LogP contribution in [-0.2, 0) is 28.6 Å². The van der Waals surface area contributed by atoms with E-state index in [1.54, 1.807) is 0 Å². The Kier molecular flexibility index (Phi) is 4.57. The van der Waals surface area contributed by atoms with E-state index in [0.717, 1.165) is 6.42 Å². The van der Waals surface area contributed by atoms with Crippen LogP contribution < -0.4 is 0 Å². The van der Waals surface area contributed by atoms with Crippen LogP contribution in [0.25, 0.3) is 0 Å². The second-order valence-electron chi connectivity index (χ2n) is 10.9. The third kappa shape index (κ3) is 2.36. The van der Waals surface area contributed by atoms with Crippen LogP contribution in [0.4, 0.5) is 0 Å². The molecule has 6 fully saturated rings. The van der Waals surface area contributed by atoms with E-state index in [2.05, 4.69) is 6.58 Å². The third-order valence-electron chi connectivity index (χ3n) is 9.52. The standard InChI is InChI=1S/C24H32O8/c1-12-15-5-6-16-22-11-31-24(29,23(16,9-15)19(12)27)20(28)18(22)21(4,10-30-13(2)25)8-7-17(22)32-14(3)26/h15-18,20,28-29H,1,5-11H2,2-4H3/t15-,16-,17-,18+,20-,21-,22+,23-,24+/m0/s1. The Bertz CT molecular complexity index is 914. The summed E-state index contributed by atoms with van der Waals surface area (Å²) in [5, 5.41) is 23.6. The van der Waals surface area contributed by atoms with Crippen molar-refractivity contribution in [3.8, 4) is 0 Å². The van der Waals surface area contributed by atoms with Crippen molar-refractivity contribution in [1.82, 2.24) is 0 Å². The first kappa shape index (κ1) is 22.0. The number of ether oxygens (including phenoxy) is 3. The molecule has 0 unspecified atom stereocenters. The van der Waals surface area contributed by atoms with Crippen LogP contribution >= 0.6 is 0 Å². The SMILES string of the molecule is C=C1C(=O)[C@]23C[C@@H]1CC[C@H]2[C@@]12CO[C@]3(O)[C@@H](O)[C@@H]1[C@](C)(COC(C)=O)CC[C@@H]2OC(C)=O. The predicted molar refractivity (Wildman–Crippen MR) is 110 cm³/mol. The molecule has 2 aliphatic heterocycles. The molecule has 2 saturated heterocycles. The molecule has 0 aromatic carbocycles. The van der Waals surface area contributed by atoms with E-state index in [1.807, 2.05) is 6.92 Å². The molecule has 0 radical (unpaired) electrons. The summed E-state index contributed by atoms with van der Waals surface area (Å²) >= 11 is 0. The summed E-state index contributed by atoms with van der Waals surface area (Å²) in [6.07, 6.45) is 0.825. The number of fused-ring (bicyclic) bond motifs is 2. The lowest BCUT2D eigenvalue weighted by atomic mass is 9.36. The Hall–Kier alpha value is -1.77. The van der Waals surface area contributed by atoms with Gasteiger partial charge >= 0.3 is 11.9 Å². The van der Waals surface area contributed by atoms with Gasteiger partial charge in [0.25, 0.3) is 0 Å². The fraction of sp³-hybridized carbons (Fsp3) is 0.792. The Morgan fingerprint density at radius 1 is 1.22 bits per heavy atom. The number of carbonyl (C=O) groups is 3. The van der Waals surface area contributed by atoms with Crippen molar-refractivity contribution in [3.05, 3.63) is 12.2 Å². The molecule has 6 rings (SSSR count). The van der Waals surface area contributed by atoms with Gasteiger partial charge in [-0.15, -0.1) is 0 Å². The van der Waals surface area contributed by atoms with Crippen LogP contribution in [0.15, 0.2) is 12.2 Å². The lowest BCUT2D eigenvalue weighted by Crippen LogP contribution is -2.84. The lowest BCUT2D eigenvalue weighted by molar-refractivity contribution is -0.450. The number of Topliss-reactive ketones (excluding diaryl/α,β-unsaturated/α-hetero) is 1. The quantitative estimate of drug-likeness (QED) is 0.493. The molecule has 4 saturated carbocycles. The van der Waals surface area contributed by atoms with E-state index in [-0.39, 0.29) is 30.8 Å². The van der Waals surface area contributed by atoms with E-state index in [9.17, 15) is 24.6 Å². The summed E-state index contributed by atoms with van der Waals surface area (Å²) in [5.41, 5.74) is -2.39. The van der Waals surface area contributed by atoms with Crippen LogP contribution in [-0.4, -0.2) is 59.1 Å². The van der Waals surface area contributed by atoms with Gasteiger partial charge in [-0.25, -0.2) is 0 Å². The average Bonchev–Trinajstić information content (AvgIpc) is 2.92. The molecule has 4 bridgehead atoms. The molecule has 32 heavy (non-hydrogen) atoms. The zero-order valence-electron chi connectivity index (χ0n) is 18.9. The maximum atomic E-state index is 13.6. The minimum Gasteiger partial charge on any atom is -0.465 e. The molecule has 8 heteroatoms. The van der Waals surface area contributed by atoms with E-state index in [1.165, 1.54) is 13.8 Å². The molecule has 2 N–H and O–H groups in total. The molecule has 6 aliphatic rings. The fourth-order valence-electron chi connectivity index (χ4n) is 8.42. The number of ketones is 1. The molecule has 2 heterocycles. The summed E-state index contributed by atoms with van der Waals surface area (Å²) in [6.45, 7) is 8.77. The first-order valence-electron chi connectivity index (χ1n) is 11.5. The first-order valence-corrected chi connectivity index (χ1v) is 11.5. The van der Waals surface area contributed by atoms with Gasteiger partial charge < -0.3 is 24.4 Å². The summed E-state index contributed by atoms with van der Waals surface area (Å²) in [6, 6.07) is 0. The zero-order valence-corrected chi connectivity index (χ0v) is 18.9. The van der Waals surface area contributed by atoms with Crippen molar-refractivity contribution in [2.24, 2.45) is 34.0 Å². The van der Waals surface area contributed by atoms with Crippen LogP contribution in [0, 0.1) is 34.0 Å². The third-order valence-corrected chi connectivity index (χ3v) is 9.52. The molecule has 0 amide bonds. The van der Waals surface area contributed by atoms with E-state index >= 15 is 0 Å². The van der Waals surface area contributed by atoms with Crippen molar-refractivity contribution < 1.29 is 38.8 Å². The van der Waals surface area contributed by atoms with Gasteiger partial charge in [0.15, 0.2) is 5.78 Å². The highest BCUT2D eigenvalue weighted by atomic mass is 16.6. The second kappa shape index (κ2) is 6.64. The minimum atomic E-state index is -2.06. The molecular weight excluding hydrogens is 416 g/mol. The molecule has 2 spiro atoms. The largest absolute Gasteiger partial charge is 0.465 e. The molecule has 9 atom stereocenters. The smallest absolute Gasteiger partial charge is 0.302 e. The van der Waals surface area contributed by atoms with Crippen molar-refractivity contribution in [2.75, 3.05) is 13.2 Å². The van der Waals surface area contributed by atoms with Gasteiger partial charge in [-0.3, -0.25) is 14.4 Å². The highest BCUT2D eigenvalue weighted by molar-refractivity contribution is 6.04. The minimum absolute atomic E-state index is 0.0454. The predicted octanol–water partition coefficient (Wildman–Crippen LogP) is 1.52. The highest BCUT2D eigenvalue weighted by Crippen LogP contribution is 2.76. The maximum absolute atomic E-state index is 13.6. The maximum Gasteiger partial charge on any atom is 0.302 e. The molecule has 8 nitrogen and oxygen atoms in total. The summed E-state index contributed by atoms with van der Waals surface area (Å²) in [4.78, 5) is 37.3. The van der Waals surface area contributed by atoms with Gasteiger partial charge in [0.1, 0.15) is 12.2 Å². The Morgan fingerprint density at radius 2 is 1.94 bits per heavy atom. The second-order valence-corrected chi connectivity index (χ2v) is 10.9. The Balaban J connectivity index is 1.70. The zero-order chi connectivity index (χ0) is 23.3. The highest BCUT2D eigenvalue weighted by Gasteiger charge is 2.85. The number of allylic oxidation sites excluding steroid dienone is 1. The number of rotatable bonds is 3. The molecule has 0 aromatic heterocycles. The van der Waals surface area contributed by atoms with Crippen molar-refractivity contribution >= 4 is 17.7 Å². The van der Waals surface area contributed by atoms with Crippen LogP contribution in [0.1, 0.15) is 52.9 Å². The van der Waals surface area contributed by atoms with Crippen LogP contribution in [0.2, 0.25) is 0 Å². The van der Waals surface area contributed by atoms with E-state index in [0.29, 0.717) is 31.3 Å². The van der Waals surface area contributed by atoms with Gasteiger partial charge in [-0.1, -0.05) is 13.5 Å². The van der Waals surface area contributed by atoms with E-state index < -0.39 is 52.1 Å². The summed E-state index contributed by atoms with van der Waals surface area (Å²) < 4.78 is 17.3. The van der Waals surface area contributed by atoms with Crippen molar-refractivity contribution in [3.63, 3.8) is 0 Å². The fourth-order valence-corrected chi connectivity index (χ4v) is 8.42. The number of hydrogen-bond acceptors (Lipinski definition) is 8. The van der Waals surface area contributed by atoms with Crippen molar-refractivity contribution in [2.45, 2.75) is 70.9 Å². The topological polar surface area (TPSA) is 119 Å². The van der Waals surface area contributed by atoms with Gasteiger partial charge in [0.05, 0.1) is 18.6 Å². The average molecular weight is 449 g/mol. The Morgan fingerprint density at radius 3 is 2.59 bits per heavy atom. The van der Waals surface area contributed by atoms with Gasteiger partial charge in [0, 0.05) is 30.6 Å². The summed E-state index contributed by atoms with van der Waals surface area (Å²) in [7, 11) is 0. The molecule has 176 valence electrons. The first-order chi connectivity index (χ1) is 14.9. The number of aliphatic hydroxyl groups is 2. The monoisotopic (exact) mass is 448 g/mol. The van der Waals surface area contributed by atoms with E-state index in [4.69, 9.17) is 14.2 Å². The van der Waals surface area contributed by atoms with Crippen LogP contribution in [0.3, 0.4) is 0 Å². The molecule has 4 aliphatic carbocycles. The number of carbonyl (C=O) groups excluding carboxylic acids is 3. The number of hydrogen-bond donors (Lipinski definition) is 2. The van der Waals surface area contributed by atoms with Gasteiger partial charge in [-0.05, 0) is 49.5 Å². The number of aliphatic hydroxyl groups excluding tert-OH is 1. The molecule has 0 aromatic rings. The Labute approximate surface area is 187 Å². The summed E-state index contributed by atoms with van der Waals surface area (Å²) in [5.74, 6) is -4.13. The van der Waals surface area contributed by atoms with Crippen LogP contribution in [0.5, 0.6) is 0 Å².